The van der Waals surface area contributed by atoms with E-state index in [-0.39, 0.29) is 5.75 Å². The zero-order chi connectivity index (χ0) is 10.8. The number of nitrogens with zero attached hydrogens (tertiary/aromatic N) is 1. The maximum absolute atomic E-state index is 12.2. The number of rotatable bonds is 2. The summed E-state index contributed by atoms with van der Waals surface area (Å²) in [5.41, 5.74) is -0.929. The van der Waals surface area contributed by atoms with Crippen LogP contribution in [-0.2, 0) is 6.18 Å². The summed E-state index contributed by atoms with van der Waals surface area (Å²) in [6.45, 7) is 2.04. The predicted octanol–water partition coefficient (Wildman–Crippen LogP) is 3.10. The van der Waals surface area contributed by atoms with Crippen LogP contribution in [0.2, 0.25) is 0 Å². The second kappa shape index (κ2) is 4.33. The summed E-state index contributed by atoms with van der Waals surface area (Å²) < 4.78 is 42.3. The van der Waals surface area contributed by atoms with Gasteiger partial charge >= 0.3 is 6.18 Å². The van der Waals surface area contributed by atoms with Gasteiger partial charge in [-0.1, -0.05) is 0 Å². The van der Waals surface area contributed by atoms with Crippen LogP contribution in [0, 0.1) is 3.57 Å². The molecule has 0 saturated carbocycles. The van der Waals surface area contributed by atoms with E-state index in [0.29, 0.717) is 10.2 Å². The minimum absolute atomic E-state index is 0.218. The smallest absolute Gasteiger partial charge is 0.433 e. The molecule has 14 heavy (non-hydrogen) atoms. The molecule has 0 fully saturated rings. The zero-order valence-electron chi connectivity index (χ0n) is 7.23. The molecule has 1 aromatic rings. The Bertz CT molecular complexity index is 327. The van der Waals surface area contributed by atoms with Crippen molar-refractivity contribution in [3.8, 4) is 5.75 Å². The summed E-state index contributed by atoms with van der Waals surface area (Å²) in [6, 6.07) is 0.908. The lowest BCUT2D eigenvalue weighted by molar-refractivity contribution is -0.141. The Morgan fingerprint density at radius 2 is 2.14 bits per heavy atom. The number of hydrogen-bond donors (Lipinski definition) is 0. The van der Waals surface area contributed by atoms with E-state index in [1.807, 2.05) is 22.6 Å². The Kier molecular flexibility index (Phi) is 3.57. The van der Waals surface area contributed by atoms with Crippen LogP contribution in [-0.4, -0.2) is 11.6 Å². The lowest BCUT2D eigenvalue weighted by Gasteiger charge is -2.09. The number of pyridine rings is 1. The molecule has 0 aliphatic rings. The molecule has 0 aliphatic carbocycles. The van der Waals surface area contributed by atoms with E-state index in [0.717, 1.165) is 12.3 Å². The Hall–Kier alpha value is -0.530. The quantitative estimate of drug-likeness (QED) is 0.782. The first kappa shape index (κ1) is 11.5. The summed E-state index contributed by atoms with van der Waals surface area (Å²) in [6.07, 6.45) is -3.27. The van der Waals surface area contributed by atoms with E-state index in [1.54, 1.807) is 6.92 Å². The maximum Gasteiger partial charge on any atom is 0.433 e. The number of aromatic nitrogens is 1. The molecule has 1 heterocycles. The van der Waals surface area contributed by atoms with Gasteiger partial charge in [0.05, 0.1) is 10.2 Å². The van der Waals surface area contributed by atoms with Crippen LogP contribution in [0.3, 0.4) is 0 Å². The lowest BCUT2D eigenvalue weighted by Crippen LogP contribution is -2.08. The van der Waals surface area contributed by atoms with Crippen molar-refractivity contribution in [2.24, 2.45) is 0 Å². The average molecular weight is 317 g/mol. The van der Waals surface area contributed by atoms with Crippen LogP contribution in [0.4, 0.5) is 13.2 Å². The van der Waals surface area contributed by atoms with Crippen molar-refractivity contribution in [3.63, 3.8) is 0 Å². The third kappa shape index (κ3) is 2.73. The molecule has 2 nitrogen and oxygen atoms in total. The maximum atomic E-state index is 12.2. The Morgan fingerprint density at radius 3 is 2.64 bits per heavy atom. The molecule has 0 bridgehead atoms. The van der Waals surface area contributed by atoms with Crippen molar-refractivity contribution in [1.29, 1.82) is 0 Å². The molecule has 0 unspecified atom stereocenters. The van der Waals surface area contributed by atoms with Crippen LogP contribution < -0.4 is 4.74 Å². The summed E-state index contributed by atoms with van der Waals surface area (Å²) >= 11 is 1.87. The molecular weight excluding hydrogens is 310 g/mol. The first-order valence-electron chi connectivity index (χ1n) is 3.80. The fraction of sp³-hybridized carbons (Fsp3) is 0.375. The molecule has 0 radical (unpaired) electrons. The van der Waals surface area contributed by atoms with Gasteiger partial charge in [-0.05, 0) is 29.5 Å². The fourth-order valence-electron chi connectivity index (χ4n) is 0.841. The molecule has 1 rings (SSSR count). The highest BCUT2D eigenvalue weighted by atomic mass is 127. The first-order valence-corrected chi connectivity index (χ1v) is 4.88. The molecule has 0 aliphatic heterocycles. The van der Waals surface area contributed by atoms with Gasteiger partial charge in [-0.3, -0.25) is 4.98 Å². The second-order valence-electron chi connectivity index (χ2n) is 2.43. The fourth-order valence-corrected chi connectivity index (χ4v) is 1.29. The monoisotopic (exact) mass is 317 g/mol. The van der Waals surface area contributed by atoms with Gasteiger partial charge < -0.3 is 4.74 Å². The number of hydrogen-bond acceptors (Lipinski definition) is 2. The minimum Gasteiger partial charge on any atom is -0.493 e. The molecule has 0 atom stereocenters. The summed E-state index contributed by atoms with van der Waals surface area (Å²) in [5.74, 6) is 0.218. The molecule has 0 N–H and O–H groups in total. The molecular formula is C8H7F3INO. The third-order valence-electron chi connectivity index (χ3n) is 1.41. The molecule has 6 heteroatoms. The SMILES string of the molecule is CCOc1cc(C(F)(F)F)ncc1I. The summed E-state index contributed by atoms with van der Waals surface area (Å²) in [4.78, 5) is 3.28. The average Bonchev–Trinajstić information content (AvgIpc) is 2.07. The van der Waals surface area contributed by atoms with Crippen LogP contribution in [0.1, 0.15) is 12.6 Å². The highest BCUT2D eigenvalue weighted by Gasteiger charge is 2.33. The van der Waals surface area contributed by atoms with Crippen molar-refractivity contribution in [1.82, 2.24) is 4.98 Å². The first-order chi connectivity index (χ1) is 6.45. The lowest BCUT2D eigenvalue weighted by atomic mass is 10.3. The van der Waals surface area contributed by atoms with Crippen molar-refractivity contribution in [2.75, 3.05) is 6.61 Å². The van der Waals surface area contributed by atoms with Gasteiger partial charge in [0, 0.05) is 12.3 Å². The van der Waals surface area contributed by atoms with Crippen molar-refractivity contribution in [3.05, 3.63) is 21.5 Å². The van der Waals surface area contributed by atoms with Crippen LogP contribution in [0.15, 0.2) is 12.3 Å². The van der Waals surface area contributed by atoms with Crippen LogP contribution >= 0.6 is 22.6 Å². The van der Waals surface area contributed by atoms with Crippen molar-refractivity contribution in [2.45, 2.75) is 13.1 Å². The largest absolute Gasteiger partial charge is 0.493 e. The topological polar surface area (TPSA) is 22.1 Å². The van der Waals surface area contributed by atoms with Gasteiger partial charge in [-0.2, -0.15) is 13.2 Å². The van der Waals surface area contributed by atoms with Crippen molar-refractivity contribution < 1.29 is 17.9 Å². The van der Waals surface area contributed by atoms with Gasteiger partial charge in [-0.15, -0.1) is 0 Å². The van der Waals surface area contributed by atoms with E-state index in [1.165, 1.54) is 0 Å². The highest BCUT2D eigenvalue weighted by molar-refractivity contribution is 14.1. The number of ether oxygens (including phenoxy) is 1. The Balaban J connectivity index is 3.06. The standard InChI is InChI=1S/C8H7F3INO/c1-2-14-6-3-7(8(9,10)11)13-4-5(6)12/h3-4H,2H2,1H3. The van der Waals surface area contributed by atoms with Gasteiger partial charge in [-0.25, -0.2) is 0 Å². The predicted molar refractivity (Wildman–Crippen MR) is 53.1 cm³/mol. The molecule has 78 valence electrons. The molecule has 0 saturated heterocycles. The van der Waals surface area contributed by atoms with E-state index in [4.69, 9.17) is 4.74 Å². The van der Waals surface area contributed by atoms with Gasteiger partial charge in [0.25, 0.3) is 0 Å². The highest BCUT2D eigenvalue weighted by Crippen LogP contribution is 2.31. The minimum atomic E-state index is -4.42. The van der Waals surface area contributed by atoms with Gasteiger partial charge in [0.1, 0.15) is 11.4 Å². The van der Waals surface area contributed by atoms with E-state index in [9.17, 15) is 13.2 Å². The second-order valence-corrected chi connectivity index (χ2v) is 3.59. The van der Waals surface area contributed by atoms with Gasteiger partial charge in [0.2, 0.25) is 0 Å². The number of alkyl halides is 3. The number of halogens is 4. The van der Waals surface area contributed by atoms with E-state index >= 15 is 0 Å². The van der Waals surface area contributed by atoms with Gasteiger partial charge in [0.15, 0.2) is 0 Å². The van der Waals surface area contributed by atoms with E-state index in [2.05, 4.69) is 4.98 Å². The molecule has 0 spiro atoms. The molecule has 1 aromatic heterocycles. The Morgan fingerprint density at radius 1 is 1.50 bits per heavy atom. The molecule has 0 aromatic carbocycles. The molecule has 0 amide bonds. The third-order valence-corrected chi connectivity index (χ3v) is 2.22. The summed E-state index contributed by atoms with van der Waals surface area (Å²) in [7, 11) is 0. The van der Waals surface area contributed by atoms with E-state index < -0.39 is 11.9 Å². The summed E-state index contributed by atoms with van der Waals surface area (Å²) in [5, 5.41) is 0. The zero-order valence-corrected chi connectivity index (χ0v) is 9.39. The van der Waals surface area contributed by atoms with Crippen LogP contribution in [0.5, 0.6) is 5.75 Å². The van der Waals surface area contributed by atoms with Crippen molar-refractivity contribution >= 4 is 22.6 Å². The normalized spacial score (nSPS) is 11.5. The van der Waals surface area contributed by atoms with Crippen LogP contribution in [0.25, 0.3) is 0 Å². The Labute approximate surface area is 92.6 Å².